The lowest BCUT2D eigenvalue weighted by Gasteiger charge is -2.31. The lowest BCUT2D eigenvalue weighted by Crippen LogP contribution is -2.47. The monoisotopic (exact) mass is 554 g/mol. The molecule has 0 saturated carbocycles. The number of rotatable bonds is 12. The molecule has 2 heterocycles. The van der Waals surface area contributed by atoms with E-state index < -0.39 is 10.8 Å². The van der Waals surface area contributed by atoms with E-state index >= 15 is 0 Å². The van der Waals surface area contributed by atoms with Gasteiger partial charge in [0, 0.05) is 44.4 Å². The first-order valence-electron chi connectivity index (χ1n) is 12.8. The summed E-state index contributed by atoms with van der Waals surface area (Å²) in [5, 5.41) is 11.4. The molecule has 1 saturated heterocycles. The van der Waals surface area contributed by atoms with Crippen LogP contribution in [0, 0.1) is 10.1 Å². The Labute approximate surface area is 231 Å². The molecule has 0 radical (unpaired) electrons. The first-order chi connectivity index (χ1) is 18.9. The van der Waals surface area contributed by atoms with E-state index in [1.165, 1.54) is 17.0 Å². The van der Waals surface area contributed by atoms with Crippen molar-refractivity contribution >= 4 is 29.1 Å². The number of hydrogen-bond acceptors (Lipinski definition) is 7. The summed E-state index contributed by atoms with van der Waals surface area (Å²) in [5.74, 6) is -0.0885. The molecule has 2 amide bonds. The summed E-state index contributed by atoms with van der Waals surface area (Å²) in [6.07, 6.45) is 2.19. The van der Waals surface area contributed by atoms with Gasteiger partial charge in [-0.15, -0.1) is 0 Å². The number of nitrogens with zero attached hydrogens (tertiary/aromatic N) is 4. The third-order valence-electron chi connectivity index (χ3n) is 6.59. The Morgan fingerprint density at radius 2 is 1.77 bits per heavy atom. The molecular weight excluding hydrogens is 524 g/mol. The highest BCUT2D eigenvalue weighted by Crippen LogP contribution is 2.26. The smallest absolute Gasteiger partial charge is 0.288 e. The van der Waals surface area contributed by atoms with Crippen molar-refractivity contribution in [2.45, 2.75) is 13.0 Å². The minimum Gasteiger partial charge on any atom is -0.467 e. The van der Waals surface area contributed by atoms with Crippen molar-refractivity contribution in [1.29, 1.82) is 0 Å². The molecule has 0 N–H and O–H groups in total. The molecule has 10 nitrogen and oxygen atoms in total. The quantitative estimate of drug-likeness (QED) is 0.247. The highest BCUT2D eigenvalue weighted by atomic mass is 35.5. The highest BCUT2D eigenvalue weighted by Gasteiger charge is 2.26. The van der Waals surface area contributed by atoms with Crippen LogP contribution in [0.3, 0.4) is 0 Å². The Morgan fingerprint density at radius 3 is 2.46 bits per heavy atom. The molecule has 1 aliphatic rings. The van der Waals surface area contributed by atoms with Gasteiger partial charge in [0.05, 0.1) is 30.9 Å². The van der Waals surface area contributed by atoms with Crippen molar-refractivity contribution in [3.8, 4) is 0 Å². The predicted octanol–water partition coefficient (Wildman–Crippen LogP) is 3.89. The van der Waals surface area contributed by atoms with E-state index in [0.717, 1.165) is 24.7 Å². The summed E-state index contributed by atoms with van der Waals surface area (Å²) in [6, 6.07) is 17.3. The molecule has 1 fully saturated rings. The zero-order valence-electron chi connectivity index (χ0n) is 21.5. The molecule has 3 aromatic rings. The Balaban J connectivity index is 1.53. The van der Waals surface area contributed by atoms with E-state index in [2.05, 4.69) is 4.90 Å². The van der Waals surface area contributed by atoms with Gasteiger partial charge in [-0.3, -0.25) is 24.6 Å². The minimum absolute atomic E-state index is 0.0574. The fraction of sp³-hybridized carbons (Fsp3) is 0.357. The van der Waals surface area contributed by atoms with E-state index in [4.69, 9.17) is 20.8 Å². The minimum atomic E-state index is -0.628. The first-order valence-corrected chi connectivity index (χ1v) is 13.2. The third-order valence-corrected chi connectivity index (χ3v) is 6.91. The maximum atomic E-state index is 13.6. The van der Waals surface area contributed by atoms with Crippen LogP contribution in [0.25, 0.3) is 0 Å². The van der Waals surface area contributed by atoms with Crippen LogP contribution in [-0.2, 0) is 22.5 Å². The Bertz CT molecular complexity index is 1250. The number of nitro groups is 1. The van der Waals surface area contributed by atoms with Gasteiger partial charge >= 0.3 is 0 Å². The van der Waals surface area contributed by atoms with E-state index in [0.29, 0.717) is 38.5 Å². The number of nitro benzene ring substituents is 1. The second-order valence-electron chi connectivity index (χ2n) is 9.23. The van der Waals surface area contributed by atoms with Gasteiger partial charge in [-0.05, 0) is 36.2 Å². The van der Waals surface area contributed by atoms with Gasteiger partial charge in [-0.2, -0.15) is 0 Å². The molecule has 0 unspecified atom stereocenters. The molecule has 0 bridgehead atoms. The number of ether oxygens (including phenoxy) is 1. The van der Waals surface area contributed by atoms with Crippen molar-refractivity contribution in [1.82, 2.24) is 14.7 Å². The molecule has 11 heteroatoms. The molecule has 2 aromatic carbocycles. The molecule has 0 spiro atoms. The van der Waals surface area contributed by atoms with E-state index in [1.54, 1.807) is 23.3 Å². The molecular formula is C28H31ClN4O6. The SMILES string of the molecule is O=C(CN(CCN1CCOCC1)C(=O)c1ccc(Cl)c([N+](=O)[O-])c1)N(CCc1ccccc1)Cc1ccco1. The zero-order valence-corrected chi connectivity index (χ0v) is 22.3. The van der Waals surface area contributed by atoms with Crippen LogP contribution in [0.2, 0.25) is 5.02 Å². The molecule has 206 valence electrons. The number of carbonyl (C=O) groups excluding carboxylic acids is 2. The predicted molar refractivity (Wildman–Crippen MR) is 146 cm³/mol. The van der Waals surface area contributed by atoms with Crippen molar-refractivity contribution in [2.75, 3.05) is 52.5 Å². The van der Waals surface area contributed by atoms with Crippen LogP contribution in [0.1, 0.15) is 21.7 Å². The van der Waals surface area contributed by atoms with Crippen LogP contribution in [0.4, 0.5) is 5.69 Å². The van der Waals surface area contributed by atoms with Gasteiger partial charge in [-0.1, -0.05) is 41.9 Å². The first kappa shape index (κ1) is 28.3. The Kier molecular flexibility index (Phi) is 10.1. The van der Waals surface area contributed by atoms with E-state index in [-0.39, 0.29) is 41.8 Å². The average Bonchev–Trinajstić information content (AvgIpc) is 3.47. The normalized spacial score (nSPS) is 13.7. The van der Waals surface area contributed by atoms with Crippen LogP contribution >= 0.6 is 11.6 Å². The standard InChI is InChI=1S/C28H31ClN4O6/c29-25-9-8-23(19-26(25)33(36)37)28(35)32(13-12-30-14-17-38-18-15-30)21-27(34)31(20-24-7-4-16-39-24)11-10-22-5-2-1-3-6-22/h1-9,16,19H,10-15,17-18,20-21H2. The van der Waals surface area contributed by atoms with E-state index in [9.17, 15) is 19.7 Å². The van der Waals surface area contributed by atoms with Crippen LogP contribution in [0.15, 0.2) is 71.3 Å². The molecule has 1 aliphatic heterocycles. The van der Waals surface area contributed by atoms with Crippen molar-refractivity contribution in [3.63, 3.8) is 0 Å². The second-order valence-corrected chi connectivity index (χ2v) is 9.64. The lowest BCUT2D eigenvalue weighted by molar-refractivity contribution is -0.384. The molecule has 1 aromatic heterocycles. The summed E-state index contributed by atoms with van der Waals surface area (Å²) >= 11 is 5.96. The van der Waals surface area contributed by atoms with Crippen molar-refractivity contribution < 1.29 is 23.7 Å². The lowest BCUT2D eigenvalue weighted by atomic mass is 10.1. The second kappa shape index (κ2) is 13.9. The average molecular weight is 555 g/mol. The number of carbonyl (C=O) groups is 2. The van der Waals surface area contributed by atoms with Gasteiger partial charge < -0.3 is 19.0 Å². The Hall–Kier alpha value is -3.73. The van der Waals surface area contributed by atoms with Gasteiger partial charge in [0.2, 0.25) is 5.91 Å². The molecule has 0 atom stereocenters. The summed E-state index contributed by atoms with van der Waals surface area (Å²) < 4.78 is 10.9. The fourth-order valence-electron chi connectivity index (χ4n) is 4.36. The number of benzene rings is 2. The van der Waals surface area contributed by atoms with Gasteiger partial charge in [0.1, 0.15) is 17.3 Å². The number of amides is 2. The largest absolute Gasteiger partial charge is 0.467 e. The van der Waals surface area contributed by atoms with Gasteiger partial charge in [-0.25, -0.2) is 0 Å². The highest BCUT2D eigenvalue weighted by molar-refractivity contribution is 6.32. The zero-order chi connectivity index (χ0) is 27.6. The van der Waals surface area contributed by atoms with Crippen molar-refractivity contribution in [3.05, 3.63) is 99.0 Å². The Morgan fingerprint density at radius 1 is 1.00 bits per heavy atom. The van der Waals surface area contributed by atoms with Gasteiger partial charge in [0.25, 0.3) is 11.6 Å². The summed E-state index contributed by atoms with van der Waals surface area (Å²) in [7, 11) is 0. The van der Waals surface area contributed by atoms with Crippen LogP contribution in [0.5, 0.6) is 0 Å². The molecule has 0 aliphatic carbocycles. The molecule has 39 heavy (non-hydrogen) atoms. The van der Waals surface area contributed by atoms with Crippen LogP contribution in [-0.4, -0.2) is 83.9 Å². The van der Waals surface area contributed by atoms with E-state index in [1.807, 2.05) is 30.3 Å². The maximum Gasteiger partial charge on any atom is 0.288 e. The topological polar surface area (TPSA) is 109 Å². The number of hydrogen-bond donors (Lipinski definition) is 0. The summed E-state index contributed by atoms with van der Waals surface area (Å²) in [4.78, 5) is 43.3. The maximum absolute atomic E-state index is 13.6. The van der Waals surface area contributed by atoms with Gasteiger partial charge in [0.15, 0.2) is 0 Å². The van der Waals surface area contributed by atoms with Crippen molar-refractivity contribution in [2.24, 2.45) is 0 Å². The number of furan rings is 1. The van der Waals surface area contributed by atoms with Crippen LogP contribution < -0.4 is 0 Å². The molecule has 4 rings (SSSR count). The summed E-state index contributed by atoms with van der Waals surface area (Å²) in [5.41, 5.74) is 0.829. The summed E-state index contributed by atoms with van der Waals surface area (Å²) in [6.45, 7) is 3.98. The number of halogens is 1. The third kappa shape index (κ3) is 8.13. The number of morpholine rings is 1. The fourth-order valence-corrected chi connectivity index (χ4v) is 4.55.